The van der Waals surface area contributed by atoms with Gasteiger partial charge in [-0.05, 0) is 106 Å². The summed E-state index contributed by atoms with van der Waals surface area (Å²) in [5, 5.41) is 3.25. The Balaban J connectivity index is 1.47. The minimum atomic E-state index is -0.721. The highest BCUT2D eigenvalue weighted by Gasteiger charge is 2.44. The van der Waals surface area contributed by atoms with E-state index < -0.39 is 12.0 Å². The van der Waals surface area contributed by atoms with Crippen molar-refractivity contribution in [3.05, 3.63) is 54.1 Å². The third-order valence-electron chi connectivity index (χ3n) is 7.32. The van der Waals surface area contributed by atoms with Crippen molar-refractivity contribution in [2.45, 2.75) is 46.1 Å². The van der Waals surface area contributed by atoms with Gasteiger partial charge in [-0.15, -0.1) is 0 Å². The lowest BCUT2D eigenvalue weighted by molar-refractivity contribution is -0.124. The summed E-state index contributed by atoms with van der Waals surface area (Å²) < 4.78 is 10.6. The van der Waals surface area contributed by atoms with Gasteiger partial charge in [-0.25, -0.2) is 4.79 Å². The summed E-state index contributed by atoms with van der Waals surface area (Å²) >= 11 is 5.82. The highest BCUT2D eigenvalue weighted by molar-refractivity contribution is 7.80. The van der Waals surface area contributed by atoms with Crippen LogP contribution < -0.4 is 15.0 Å². The van der Waals surface area contributed by atoms with E-state index in [1.807, 2.05) is 36.1 Å². The lowest BCUT2D eigenvalue weighted by Crippen LogP contribution is -2.44. The van der Waals surface area contributed by atoms with E-state index in [0.717, 1.165) is 38.4 Å². The minimum Gasteiger partial charge on any atom is -0.494 e. The van der Waals surface area contributed by atoms with E-state index in [0.29, 0.717) is 41.0 Å². The Hall–Kier alpha value is -3.50. The number of likely N-dealkylation sites (tertiary alicyclic amines) is 1. The van der Waals surface area contributed by atoms with Crippen LogP contribution in [-0.4, -0.2) is 78.1 Å². The van der Waals surface area contributed by atoms with E-state index in [-0.39, 0.29) is 24.8 Å². The van der Waals surface area contributed by atoms with Gasteiger partial charge in [0.05, 0.1) is 30.9 Å². The Labute approximate surface area is 241 Å². The Kier molecular flexibility index (Phi) is 10.1. The Morgan fingerprint density at radius 2 is 1.65 bits per heavy atom. The monoisotopic (exact) mass is 566 g/mol. The molecule has 0 bridgehead atoms. The van der Waals surface area contributed by atoms with Crippen LogP contribution in [0.5, 0.6) is 5.75 Å². The predicted octanol–water partition coefficient (Wildman–Crippen LogP) is 4.32. The molecule has 2 aliphatic rings. The highest BCUT2D eigenvalue weighted by atomic mass is 32.1. The summed E-state index contributed by atoms with van der Waals surface area (Å²) in [6.45, 7) is 10.1. The second-order valence-corrected chi connectivity index (χ2v) is 10.5. The molecule has 9 nitrogen and oxygen atoms in total. The number of anilines is 2. The van der Waals surface area contributed by atoms with E-state index in [1.165, 1.54) is 4.90 Å². The van der Waals surface area contributed by atoms with E-state index >= 15 is 0 Å². The van der Waals surface area contributed by atoms with E-state index in [2.05, 4.69) is 17.1 Å². The number of benzene rings is 2. The number of nitrogens with zero attached hydrogens (tertiary/aromatic N) is 3. The van der Waals surface area contributed by atoms with E-state index in [1.54, 1.807) is 31.2 Å². The molecule has 2 aromatic rings. The van der Waals surface area contributed by atoms with Gasteiger partial charge < -0.3 is 24.6 Å². The van der Waals surface area contributed by atoms with Crippen molar-refractivity contribution in [2.75, 3.05) is 49.6 Å². The number of carbonyl (C=O) groups is 3. The third kappa shape index (κ3) is 7.17. The number of carbonyl (C=O) groups excluding carboxylic acids is 3. The molecule has 0 spiro atoms. The number of rotatable bonds is 11. The van der Waals surface area contributed by atoms with Gasteiger partial charge in [-0.1, -0.05) is 6.92 Å². The van der Waals surface area contributed by atoms with Crippen LogP contribution in [0, 0.1) is 5.92 Å². The van der Waals surface area contributed by atoms with Crippen LogP contribution in [-0.2, 0) is 14.3 Å². The number of esters is 1. The molecular formula is C30H38N4O5S. The first-order chi connectivity index (χ1) is 19.3. The maximum Gasteiger partial charge on any atom is 0.338 e. The first kappa shape index (κ1) is 29.5. The standard InChI is InChI=1S/C30H38N4O5S/c1-4-38-25-12-10-24(11-13-25)34-28(36)26(33(30(34)40)19-18-32-16-14-21(3)15-17-32)20-27(35)31-23-8-6-22(7-9-23)29(37)39-5-2/h6-13,21,26H,4-5,14-20H2,1-3H3,(H,31,35)/t26-/m1/s1. The van der Waals surface area contributed by atoms with Gasteiger partial charge in [0.25, 0.3) is 5.91 Å². The van der Waals surface area contributed by atoms with Gasteiger partial charge in [0.1, 0.15) is 11.8 Å². The summed E-state index contributed by atoms with van der Waals surface area (Å²) in [7, 11) is 0. The number of amides is 2. The normalized spacial score (nSPS) is 18.2. The van der Waals surface area contributed by atoms with Crippen LogP contribution in [0.25, 0.3) is 0 Å². The molecule has 2 aromatic carbocycles. The molecule has 214 valence electrons. The van der Waals surface area contributed by atoms with Crippen molar-refractivity contribution >= 4 is 46.5 Å². The quantitative estimate of drug-likeness (QED) is 0.318. The molecule has 2 fully saturated rings. The van der Waals surface area contributed by atoms with Crippen LogP contribution in [0.4, 0.5) is 11.4 Å². The largest absolute Gasteiger partial charge is 0.494 e. The second kappa shape index (κ2) is 13.7. The zero-order valence-corrected chi connectivity index (χ0v) is 24.2. The molecule has 0 saturated carbocycles. The number of thiocarbonyl (C=S) groups is 1. The molecule has 2 saturated heterocycles. The molecule has 0 radical (unpaired) electrons. The van der Waals surface area contributed by atoms with Crippen molar-refractivity contribution in [1.82, 2.24) is 9.80 Å². The summed E-state index contributed by atoms with van der Waals surface area (Å²) in [5.41, 5.74) is 1.58. The third-order valence-corrected chi connectivity index (χ3v) is 7.73. The average Bonchev–Trinajstić information content (AvgIpc) is 3.17. The van der Waals surface area contributed by atoms with Gasteiger partial charge >= 0.3 is 5.97 Å². The van der Waals surface area contributed by atoms with Crippen LogP contribution in [0.15, 0.2) is 48.5 Å². The number of nitrogens with one attached hydrogen (secondary N) is 1. The predicted molar refractivity (Wildman–Crippen MR) is 159 cm³/mol. The van der Waals surface area contributed by atoms with Crippen molar-refractivity contribution in [2.24, 2.45) is 5.92 Å². The summed E-state index contributed by atoms with van der Waals surface area (Å²) in [6.07, 6.45) is 2.26. The number of hydrogen-bond donors (Lipinski definition) is 1. The number of hydrogen-bond acceptors (Lipinski definition) is 7. The maximum atomic E-state index is 13.7. The minimum absolute atomic E-state index is 0.0524. The van der Waals surface area contributed by atoms with Gasteiger partial charge in [0, 0.05) is 18.8 Å². The molecule has 4 rings (SSSR count). The first-order valence-corrected chi connectivity index (χ1v) is 14.4. The Morgan fingerprint density at radius 3 is 2.27 bits per heavy atom. The van der Waals surface area contributed by atoms with Gasteiger partial charge in [-0.3, -0.25) is 14.5 Å². The highest BCUT2D eigenvalue weighted by Crippen LogP contribution is 2.29. The molecule has 2 aliphatic heterocycles. The smallest absolute Gasteiger partial charge is 0.338 e. The van der Waals surface area contributed by atoms with E-state index in [9.17, 15) is 14.4 Å². The van der Waals surface area contributed by atoms with Crippen LogP contribution in [0.2, 0.25) is 0 Å². The fourth-order valence-electron chi connectivity index (χ4n) is 5.01. The fraction of sp³-hybridized carbons (Fsp3) is 0.467. The van der Waals surface area contributed by atoms with Crippen LogP contribution in [0.3, 0.4) is 0 Å². The molecule has 10 heteroatoms. The Bertz CT molecular complexity index is 1200. The summed E-state index contributed by atoms with van der Waals surface area (Å²) in [6, 6.07) is 13.0. The number of ether oxygens (including phenoxy) is 2. The molecule has 2 heterocycles. The zero-order valence-electron chi connectivity index (χ0n) is 23.4. The van der Waals surface area contributed by atoms with Gasteiger partial charge in [0.2, 0.25) is 5.91 Å². The van der Waals surface area contributed by atoms with Gasteiger partial charge in [-0.2, -0.15) is 0 Å². The number of piperidine rings is 1. The zero-order chi connectivity index (χ0) is 28.6. The van der Waals surface area contributed by atoms with Gasteiger partial charge in [0.15, 0.2) is 5.11 Å². The first-order valence-electron chi connectivity index (χ1n) is 14.0. The van der Waals surface area contributed by atoms with Crippen molar-refractivity contribution in [3.63, 3.8) is 0 Å². The molecule has 0 unspecified atom stereocenters. The average molecular weight is 567 g/mol. The van der Waals surface area contributed by atoms with Crippen molar-refractivity contribution in [1.29, 1.82) is 0 Å². The molecule has 1 N–H and O–H groups in total. The van der Waals surface area contributed by atoms with E-state index in [4.69, 9.17) is 21.7 Å². The lowest BCUT2D eigenvalue weighted by Gasteiger charge is -2.32. The maximum absolute atomic E-state index is 13.7. The lowest BCUT2D eigenvalue weighted by atomic mass is 9.99. The molecule has 0 aromatic heterocycles. The molecule has 0 aliphatic carbocycles. The summed E-state index contributed by atoms with van der Waals surface area (Å²) in [4.78, 5) is 44.6. The van der Waals surface area contributed by atoms with Crippen LogP contribution >= 0.6 is 12.2 Å². The topological polar surface area (TPSA) is 91.4 Å². The fourth-order valence-corrected chi connectivity index (χ4v) is 5.42. The molecule has 2 amide bonds. The molecule has 1 atom stereocenters. The summed E-state index contributed by atoms with van der Waals surface area (Å²) in [5.74, 6) is 0.483. The SMILES string of the molecule is CCOC(=O)c1ccc(NC(=O)C[C@@H]2C(=O)N(c3ccc(OCC)cc3)C(=S)N2CCN2CCC(C)CC2)cc1. The molecule has 40 heavy (non-hydrogen) atoms. The Morgan fingerprint density at radius 1 is 0.975 bits per heavy atom. The van der Waals surface area contributed by atoms with Crippen LogP contribution in [0.1, 0.15) is 50.4 Å². The molecular weight excluding hydrogens is 528 g/mol. The second-order valence-electron chi connectivity index (χ2n) is 10.2. The van der Waals surface area contributed by atoms with Crippen molar-refractivity contribution < 1.29 is 23.9 Å². The van der Waals surface area contributed by atoms with Crippen molar-refractivity contribution in [3.8, 4) is 5.75 Å².